The third-order valence-corrected chi connectivity index (χ3v) is 4.65. The second kappa shape index (κ2) is 6.06. The Kier molecular flexibility index (Phi) is 4.15. The van der Waals surface area contributed by atoms with Crippen LogP contribution in [0.5, 0.6) is 0 Å². The summed E-state index contributed by atoms with van der Waals surface area (Å²) in [6.07, 6.45) is 3.96. The van der Waals surface area contributed by atoms with Gasteiger partial charge in [-0.1, -0.05) is 0 Å². The molecule has 0 unspecified atom stereocenters. The highest BCUT2D eigenvalue weighted by Crippen LogP contribution is 2.32. The maximum Gasteiger partial charge on any atom is 0.251 e. The second-order valence-electron chi connectivity index (χ2n) is 6.36. The summed E-state index contributed by atoms with van der Waals surface area (Å²) in [6, 6.07) is 8.09. The van der Waals surface area contributed by atoms with Gasteiger partial charge >= 0.3 is 0 Å². The van der Waals surface area contributed by atoms with Gasteiger partial charge < -0.3 is 15.3 Å². The van der Waals surface area contributed by atoms with Crippen molar-refractivity contribution in [1.29, 1.82) is 0 Å². The molecule has 1 saturated heterocycles. The highest BCUT2D eigenvalue weighted by molar-refractivity contribution is 5.94. The van der Waals surface area contributed by atoms with E-state index < -0.39 is 0 Å². The molecule has 0 bridgehead atoms. The Morgan fingerprint density at radius 3 is 2.38 bits per heavy atom. The van der Waals surface area contributed by atoms with E-state index in [-0.39, 0.29) is 18.1 Å². The zero-order valence-corrected chi connectivity index (χ0v) is 12.6. The Morgan fingerprint density at radius 1 is 1.19 bits per heavy atom. The lowest BCUT2D eigenvalue weighted by molar-refractivity contribution is 0.0936. The van der Waals surface area contributed by atoms with Crippen LogP contribution in [-0.2, 0) is 0 Å². The molecule has 4 heteroatoms. The molecule has 1 saturated carbocycles. The van der Waals surface area contributed by atoms with Gasteiger partial charge in [0.05, 0.1) is 6.10 Å². The fraction of sp³-hybridized carbons (Fsp3) is 0.588. The molecule has 114 valence electrons. The van der Waals surface area contributed by atoms with Crippen molar-refractivity contribution >= 4 is 11.6 Å². The lowest BCUT2D eigenvalue weighted by Gasteiger charge is -2.31. The number of hydrogen-bond donors (Lipinski definition) is 2. The SMILES string of the molecule is C[C@H](NC(=O)c1ccc(N2CCC(O)CC2)cc1)C1CC1. The van der Waals surface area contributed by atoms with Crippen molar-refractivity contribution < 1.29 is 9.90 Å². The molecule has 0 radical (unpaired) electrons. The fourth-order valence-electron chi connectivity index (χ4n) is 2.95. The Labute approximate surface area is 126 Å². The summed E-state index contributed by atoms with van der Waals surface area (Å²) in [5.74, 6) is 0.697. The van der Waals surface area contributed by atoms with E-state index >= 15 is 0 Å². The molecular weight excluding hydrogens is 264 g/mol. The van der Waals surface area contributed by atoms with Gasteiger partial charge in [0, 0.05) is 30.4 Å². The van der Waals surface area contributed by atoms with Crippen LogP contribution in [0.25, 0.3) is 0 Å². The molecule has 1 aliphatic heterocycles. The van der Waals surface area contributed by atoms with E-state index in [1.165, 1.54) is 12.8 Å². The maximum atomic E-state index is 12.2. The van der Waals surface area contributed by atoms with E-state index in [0.717, 1.165) is 37.2 Å². The third-order valence-electron chi connectivity index (χ3n) is 4.65. The van der Waals surface area contributed by atoms with Crippen molar-refractivity contribution in [3.05, 3.63) is 29.8 Å². The van der Waals surface area contributed by atoms with Crippen LogP contribution >= 0.6 is 0 Å². The molecule has 1 heterocycles. The smallest absolute Gasteiger partial charge is 0.251 e. The van der Waals surface area contributed by atoms with Gasteiger partial charge in [-0.05, 0) is 62.8 Å². The molecule has 2 aliphatic rings. The molecule has 1 amide bonds. The quantitative estimate of drug-likeness (QED) is 0.893. The van der Waals surface area contributed by atoms with E-state index in [9.17, 15) is 9.90 Å². The summed E-state index contributed by atoms with van der Waals surface area (Å²) >= 11 is 0. The normalized spacial score (nSPS) is 21.1. The molecule has 1 atom stereocenters. The summed E-state index contributed by atoms with van der Waals surface area (Å²) in [5.41, 5.74) is 1.86. The summed E-state index contributed by atoms with van der Waals surface area (Å²) < 4.78 is 0. The second-order valence-corrected chi connectivity index (χ2v) is 6.36. The predicted molar refractivity (Wildman–Crippen MR) is 83.5 cm³/mol. The number of carbonyl (C=O) groups is 1. The highest BCUT2D eigenvalue weighted by atomic mass is 16.3. The van der Waals surface area contributed by atoms with Gasteiger partial charge in [0.2, 0.25) is 0 Å². The maximum absolute atomic E-state index is 12.2. The average Bonchev–Trinajstić information content (AvgIpc) is 3.33. The first-order valence-corrected chi connectivity index (χ1v) is 7.97. The van der Waals surface area contributed by atoms with E-state index in [4.69, 9.17) is 0 Å². The predicted octanol–water partition coefficient (Wildman–Crippen LogP) is 2.18. The van der Waals surface area contributed by atoms with Crippen molar-refractivity contribution in [2.24, 2.45) is 5.92 Å². The van der Waals surface area contributed by atoms with E-state index in [0.29, 0.717) is 5.92 Å². The van der Waals surface area contributed by atoms with Crippen LogP contribution in [0.1, 0.15) is 43.0 Å². The summed E-state index contributed by atoms with van der Waals surface area (Å²) in [5, 5.41) is 12.6. The molecule has 1 aromatic carbocycles. The number of nitrogens with one attached hydrogen (secondary N) is 1. The molecule has 0 aromatic heterocycles. The monoisotopic (exact) mass is 288 g/mol. The molecule has 1 aromatic rings. The van der Waals surface area contributed by atoms with Crippen molar-refractivity contribution in [3.63, 3.8) is 0 Å². The number of rotatable bonds is 4. The first kappa shape index (κ1) is 14.4. The molecule has 2 fully saturated rings. The number of piperidine rings is 1. The lowest BCUT2D eigenvalue weighted by Crippen LogP contribution is -2.36. The zero-order chi connectivity index (χ0) is 14.8. The van der Waals surface area contributed by atoms with E-state index in [1.807, 2.05) is 24.3 Å². The van der Waals surface area contributed by atoms with Crippen LogP contribution in [0.15, 0.2) is 24.3 Å². The Hall–Kier alpha value is -1.55. The van der Waals surface area contributed by atoms with Crippen LogP contribution in [-0.4, -0.2) is 36.2 Å². The van der Waals surface area contributed by atoms with Crippen LogP contribution < -0.4 is 10.2 Å². The number of benzene rings is 1. The Balaban J connectivity index is 1.59. The number of aliphatic hydroxyl groups is 1. The van der Waals surface area contributed by atoms with Crippen LogP contribution in [0.4, 0.5) is 5.69 Å². The summed E-state index contributed by atoms with van der Waals surface area (Å²) in [4.78, 5) is 14.4. The minimum atomic E-state index is -0.157. The minimum Gasteiger partial charge on any atom is -0.393 e. The molecule has 2 N–H and O–H groups in total. The number of anilines is 1. The van der Waals surface area contributed by atoms with Gasteiger partial charge in [0.15, 0.2) is 0 Å². The van der Waals surface area contributed by atoms with Gasteiger partial charge in [0.25, 0.3) is 5.91 Å². The lowest BCUT2D eigenvalue weighted by atomic mass is 10.1. The summed E-state index contributed by atoms with van der Waals surface area (Å²) in [6.45, 7) is 3.85. The van der Waals surface area contributed by atoms with Crippen molar-refractivity contribution in [1.82, 2.24) is 5.32 Å². The van der Waals surface area contributed by atoms with Crippen molar-refractivity contribution in [2.75, 3.05) is 18.0 Å². The van der Waals surface area contributed by atoms with Crippen molar-refractivity contribution in [2.45, 2.75) is 44.8 Å². The molecule has 4 nitrogen and oxygen atoms in total. The zero-order valence-electron chi connectivity index (χ0n) is 12.6. The first-order valence-electron chi connectivity index (χ1n) is 7.97. The largest absolute Gasteiger partial charge is 0.393 e. The number of amides is 1. The van der Waals surface area contributed by atoms with Crippen LogP contribution in [0, 0.1) is 5.92 Å². The first-order chi connectivity index (χ1) is 10.1. The topological polar surface area (TPSA) is 52.6 Å². The Morgan fingerprint density at radius 2 is 1.81 bits per heavy atom. The minimum absolute atomic E-state index is 0.0232. The number of nitrogens with zero attached hydrogens (tertiary/aromatic N) is 1. The molecular formula is C17H24N2O2. The van der Waals surface area contributed by atoms with Gasteiger partial charge in [-0.2, -0.15) is 0 Å². The number of carbonyl (C=O) groups excluding carboxylic acids is 1. The third kappa shape index (κ3) is 3.56. The number of hydrogen-bond acceptors (Lipinski definition) is 3. The molecule has 21 heavy (non-hydrogen) atoms. The van der Waals surface area contributed by atoms with E-state index in [1.54, 1.807) is 0 Å². The van der Waals surface area contributed by atoms with E-state index in [2.05, 4.69) is 17.1 Å². The highest BCUT2D eigenvalue weighted by Gasteiger charge is 2.29. The standard InChI is InChI=1S/C17H24N2O2/c1-12(13-2-3-13)18-17(21)14-4-6-15(7-5-14)19-10-8-16(20)9-11-19/h4-7,12-13,16,20H,2-3,8-11H2,1H3,(H,18,21)/t12-/m0/s1. The molecule has 1 aliphatic carbocycles. The van der Waals surface area contributed by atoms with Gasteiger partial charge in [-0.25, -0.2) is 0 Å². The fourth-order valence-corrected chi connectivity index (χ4v) is 2.95. The van der Waals surface area contributed by atoms with Gasteiger partial charge in [-0.3, -0.25) is 4.79 Å². The molecule has 0 spiro atoms. The average molecular weight is 288 g/mol. The van der Waals surface area contributed by atoms with Gasteiger partial charge in [0.1, 0.15) is 0 Å². The van der Waals surface area contributed by atoms with Crippen molar-refractivity contribution in [3.8, 4) is 0 Å². The number of aliphatic hydroxyl groups excluding tert-OH is 1. The summed E-state index contributed by atoms with van der Waals surface area (Å²) in [7, 11) is 0. The Bertz CT molecular complexity index is 488. The van der Waals surface area contributed by atoms with Gasteiger partial charge in [-0.15, -0.1) is 0 Å². The van der Waals surface area contributed by atoms with Crippen LogP contribution in [0.3, 0.4) is 0 Å². The molecule has 3 rings (SSSR count). The van der Waals surface area contributed by atoms with Crippen LogP contribution in [0.2, 0.25) is 0 Å².